The molecule has 6 heteroatoms. The van der Waals surface area contributed by atoms with Crippen LogP contribution in [0.2, 0.25) is 0 Å². The van der Waals surface area contributed by atoms with Gasteiger partial charge in [-0.3, -0.25) is 4.99 Å². The summed E-state index contributed by atoms with van der Waals surface area (Å²) >= 11 is 1.81. The molecule has 2 fully saturated rings. The summed E-state index contributed by atoms with van der Waals surface area (Å²) in [5.74, 6) is 0.880. The summed E-state index contributed by atoms with van der Waals surface area (Å²) in [5.41, 5.74) is 1.24. The van der Waals surface area contributed by atoms with E-state index in [4.69, 9.17) is 4.74 Å². The van der Waals surface area contributed by atoms with Crippen LogP contribution in [0.15, 0.2) is 4.99 Å². The van der Waals surface area contributed by atoms with Gasteiger partial charge in [-0.2, -0.15) is 0 Å². The number of fused-ring (bicyclic) bond motifs is 2. The lowest BCUT2D eigenvalue weighted by atomic mass is 9.96. The van der Waals surface area contributed by atoms with Gasteiger partial charge in [-0.05, 0) is 32.6 Å². The molecule has 5 nitrogen and oxygen atoms in total. The van der Waals surface area contributed by atoms with Gasteiger partial charge in [-0.25, -0.2) is 4.98 Å². The Morgan fingerprint density at radius 2 is 2.32 bits per heavy atom. The fourth-order valence-corrected chi connectivity index (χ4v) is 4.39. The summed E-state index contributed by atoms with van der Waals surface area (Å²) in [6.45, 7) is 5.17. The van der Waals surface area contributed by atoms with Crippen molar-refractivity contribution in [2.75, 3.05) is 13.6 Å². The number of aliphatic imine (C=N–C) groups is 1. The summed E-state index contributed by atoms with van der Waals surface area (Å²) in [4.78, 5) is 10.4. The van der Waals surface area contributed by atoms with E-state index in [2.05, 4.69) is 34.5 Å². The number of ether oxygens (including phenoxy) is 1. The van der Waals surface area contributed by atoms with Crippen LogP contribution in [-0.2, 0) is 17.6 Å². The van der Waals surface area contributed by atoms with Gasteiger partial charge in [0.25, 0.3) is 0 Å². The molecule has 2 N–H and O–H groups in total. The second-order valence-corrected chi connectivity index (χ2v) is 7.36. The highest BCUT2D eigenvalue weighted by molar-refractivity contribution is 7.11. The number of hydrogen-bond acceptors (Lipinski definition) is 4. The maximum atomic E-state index is 5.88. The van der Waals surface area contributed by atoms with E-state index in [-0.39, 0.29) is 0 Å². The van der Waals surface area contributed by atoms with Crippen LogP contribution in [0, 0.1) is 6.92 Å². The van der Waals surface area contributed by atoms with Crippen molar-refractivity contribution in [3.8, 4) is 0 Å². The first-order valence-corrected chi connectivity index (χ1v) is 9.09. The molecule has 1 aromatic rings. The molecule has 2 saturated heterocycles. The Hall–Kier alpha value is -1.14. The molecule has 1 aromatic heterocycles. The third kappa shape index (κ3) is 3.43. The van der Waals surface area contributed by atoms with E-state index in [0.717, 1.165) is 31.8 Å². The second kappa shape index (κ2) is 6.96. The van der Waals surface area contributed by atoms with E-state index in [1.54, 1.807) is 0 Å². The topological polar surface area (TPSA) is 58.5 Å². The summed E-state index contributed by atoms with van der Waals surface area (Å²) in [6, 6.07) is 0.416. The zero-order valence-electron chi connectivity index (χ0n) is 13.7. The number of rotatable bonds is 5. The summed E-state index contributed by atoms with van der Waals surface area (Å²) in [7, 11) is 1.83. The summed E-state index contributed by atoms with van der Waals surface area (Å²) in [5, 5.41) is 8.12. The molecule has 2 aliphatic heterocycles. The molecule has 3 unspecified atom stereocenters. The maximum absolute atomic E-state index is 5.88. The number of guanidine groups is 1. The lowest BCUT2D eigenvalue weighted by molar-refractivity contribution is 0.0992. The molecule has 3 atom stereocenters. The molecule has 122 valence electrons. The zero-order valence-corrected chi connectivity index (χ0v) is 14.5. The number of thiazole rings is 1. The number of aromatic nitrogens is 1. The third-order valence-electron chi connectivity index (χ3n) is 4.55. The van der Waals surface area contributed by atoms with Crippen LogP contribution in [0.25, 0.3) is 0 Å². The average molecular weight is 322 g/mol. The van der Waals surface area contributed by atoms with Crippen LogP contribution in [0.5, 0.6) is 0 Å². The fraction of sp³-hybridized carbons (Fsp3) is 0.750. The van der Waals surface area contributed by atoms with Gasteiger partial charge in [0, 0.05) is 24.9 Å². The summed E-state index contributed by atoms with van der Waals surface area (Å²) in [6.07, 6.45) is 6.30. The standard InChI is InChI=1S/C16H26N4OS/c1-4-12-10(2)22-15(19-12)7-8-18-16(17-3)20-13-9-11-5-6-14(13)21-11/h11,13-14H,4-9H2,1-3H3,(H2,17,18,20). The molecule has 2 aliphatic rings. The van der Waals surface area contributed by atoms with Gasteiger partial charge in [-0.1, -0.05) is 6.92 Å². The predicted molar refractivity (Wildman–Crippen MR) is 90.7 cm³/mol. The Kier molecular flexibility index (Phi) is 4.98. The highest BCUT2D eigenvalue weighted by atomic mass is 32.1. The number of hydrogen-bond donors (Lipinski definition) is 2. The van der Waals surface area contributed by atoms with Gasteiger partial charge < -0.3 is 15.4 Å². The minimum absolute atomic E-state index is 0.372. The van der Waals surface area contributed by atoms with Gasteiger partial charge in [0.15, 0.2) is 5.96 Å². The Morgan fingerprint density at radius 1 is 1.45 bits per heavy atom. The van der Waals surface area contributed by atoms with Crippen molar-refractivity contribution < 1.29 is 4.74 Å². The van der Waals surface area contributed by atoms with Gasteiger partial charge in [0.05, 0.1) is 29.0 Å². The molecule has 22 heavy (non-hydrogen) atoms. The third-order valence-corrected chi connectivity index (χ3v) is 5.63. The van der Waals surface area contributed by atoms with Crippen molar-refractivity contribution in [3.05, 3.63) is 15.6 Å². The van der Waals surface area contributed by atoms with Crippen LogP contribution in [-0.4, -0.2) is 42.8 Å². The summed E-state index contributed by atoms with van der Waals surface area (Å²) < 4.78 is 5.88. The highest BCUT2D eigenvalue weighted by Gasteiger charge is 2.41. The quantitative estimate of drug-likeness (QED) is 0.643. The minimum Gasteiger partial charge on any atom is -0.373 e. The molecule has 0 amide bonds. The minimum atomic E-state index is 0.372. The molecule has 0 radical (unpaired) electrons. The van der Waals surface area contributed by atoms with Crippen LogP contribution < -0.4 is 10.6 Å². The van der Waals surface area contributed by atoms with E-state index >= 15 is 0 Å². The number of aryl methyl sites for hydroxylation is 2. The largest absolute Gasteiger partial charge is 0.373 e. The normalized spacial score (nSPS) is 27.4. The molecule has 2 bridgehead atoms. The molecule has 0 spiro atoms. The SMILES string of the molecule is CCc1nc(CCNC(=NC)NC2CC3CCC2O3)sc1C. The van der Waals surface area contributed by atoms with Crippen molar-refractivity contribution in [2.45, 2.75) is 64.2 Å². The Morgan fingerprint density at radius 3 is 2.91 bits per heavy atom. The fourth-order valence-electron chi connectivity index (χ4n) is 3.37. The first kappa shape index (κ1) is 15.7. The monoisotopic (exact) mass is 322 g/mol. The van der Waals surface area contributed by atoms with E-state index < -0.39 is 0 Å². The van der Waals surface area contributed by atoms with Crippen molar-refractivity contribution >= 4 is 17.3 Å². The Balaban J connectivity index is 1.45. The lowest BCUT2D eigenvalue weighted by Gasteiger charge is -2.22. The van der Waals surface area contributed by atoms with Gasteiger partial charge >= 0.3 is 0 Å². The first-order valence-electron chi connectivity index (χ1n) is 8.27. The van der Waals surface area contributed by atoms with Crippen LogP contribution in [0.1, 0.15) is 41.8 Å². The lowest BCUT2D eigenvalue weighted by Crippen LogP contribution is -2.47. The van der Waals surface area contributed by atoms with Crippen LogP contribution in [0.4, 0.5) is 0 Å². The van der Waals surface area contributed by atoms with Crippen molar-refractivity contribution in [3.63, 3.8) is 0 Å². The Labute approximate surface area is 136 Å². The zero-order chi connectivity index (χ0) is 15.5. The smallest absolute Gasteiger partial charge is 0.191 e. The maximum Gasteiger partial charge on any atom is 0.191 e. The van der Waals surface area contributed by atoms with E-state index in [1.165, 1.54) is 28.4 Å². The molecule has 0 aromatic carbocycles. The van der Waals surface area contributed by atoms with E-state index in [9.17, 15) is 0 Å². The molecular weight excluding hydrogens is 296 g/mol. The van der Waals surface area contributed by atoms with Gasteiger partial charge in [-0.15, -0.1) is 11.3 Å². The van der Waals surface area contributed by atoms with Crippen molar-refractivity contribution in [1.82, 2.24) is 15.6 Å². The van der Waals surface area contributed by atoms with Crippen LogP contribution in [0.3, 0.4) is 0 Å². The first-order chi connectivity index (χ1) is 10.7. The number of nitrogens with zero attached hydrogens (tertiary/aromatic N) is 2. The van der Waals surface area contributed by atoms with E-state index in [1.807, 2.05) is 18.4 Å². The van der Waals surface area contributed by atoms with Gasteiger partial charge in [0.1, 0.15) is 0 Å². The molecule has 3 heterocycles. The molecule has 0 saturated carbocycles. The van der Waals surface area contributed by atoms with Gasteiger partial charge in [0.2, 0.25) is 0 Å². The van der Waals surface area contributed by atoms with Crippen molar-refractivity contribution in [2.24, 2.45) is 4.99 Å². The average Bonchev–Trinajstić information content (AvgIpc) is 3.21. The number of nitrogens with one attached hydrogen (secondary N) is 2. The molecule has 3 rings (SSSR count). The second-order valence-electron chi connectivity index (χ2n) is 6.07. The van der Waals surface area contributed by atoms with E-state index in [0.29, 0.717) is 18.2 Å². The molecule has 0 aliphatic carbocycles. The van der Waals surface area contributed by atoms with Crippen molar-refractivity contribution in [1.29, 1.82) is 0 Å². The van der Waals surface area contributed by atoms with Crippen LogP contribution >= 0.6 is 11.3 Å². The Bertz CT molecular complexity index is 542. The predicted octanol–water partition coefficient (Wildman–Crippen LogP) is 2.04. The molecular formula is C16H26N4OS. The highest BCUT2D eigenvalue weighted by Crippen LogP contribution is 2.34.